The van der Waals surface area contributed by atoms with E-state index >= 15 is 0 Å². The van der Waals surface area contributed by atoms with Crippen LogP contribution >= 0.6 is 11.8 Å². The zero-order valence-electron chi connectivity index (χ0n) is 9.18. The molecule has 0 heterocycles. The molecule has 0 amide bonds. The van der Waals surface area contributed by atoms with E-state index in [-0.39, 0.29) is 0 Å². The van der Waals surface area contributed by atoms with Gasteiger partial charge in [-0.2, -0.15) is 11.8 Å². The van der Waals surface area contributed by atoms with E-state index in [0.29, 0.717) is 6.04 Å². The second-order valence-corrected chi connectivity index (χ2v) is 5.66. The molecule has 78 valence electrons. The van der Waals surface area contributed by atoms with Crippen LogP contribution in [0.5, 0.6) is 0 Å². The number of thioether (sulfide) groups is 1. The van der Waals surface area contributed by atoms with Crippen molar-refractivity contribution in [2.75, 3.05) is 11.5 Å². The maximum absolute atomic E-state index is 3.72. The van der Waals surface area contributed by atoms with Crippen molar-refractivity contribution >= 4 is 11.8 Å². The first-order chi connectivity index (χ1) is 6.22. The predicted molar refractivity (Wildman–Crippen MR) is 62.4 cm³/mol. The lowest BCUT2D eigenvalue weighted by Gasteiger charge is -2.18. The second-order valence-electron chi connectivity index (χ2n) is 4.34. The largest absolute Gasteiger partial charge is 0.311 e. The molecule has 0 radical (unpaired) electrons. The monoisotopic (exact) mass is 201 g/mol. The molecule has 1 nitrogen and oxygen atoms in total. The Kier molecular flexibility index (Phi) is 5.18. The molecule has 0 bridgehead atoms. The Morgan fingerprint density at radius 1 is 1.46 bits per heavy atom. The number of nitrogens with one attached hydrogen (secondary N) is 1. The summed E-state index contributed by atoms with van der Waals surface area (Å²) in [6.45, 7) is 6.91. The van der Waals surface area contributed by atoms with Crippen molar-refractivity contribution < 1.29 is 0 Å². The van der Waals surface area contributed by atoms with Crippen molar-refractivity contribution in [1.82, 2.24) is 5.32 Å². The summed E-state index contributed by atoms with van der Waals surface area (Å²) in [4.78, 5) is 0. The van der Waals surface area contributed by atoms with Gasteiger partial charge in [0.05, 0.1) is 0 Å². The maximum atomic E-state index is 3.72. The fourth-order valence-electron chi connectivity index (χ4n) is 2.10. The van der Waals surface area contributed by atoms with Gasteiger partial charge in [0.2, 0.25) is 0 Å². The van der Waals surface area contributed by atoms with Gasteiger partial charge >= 0.3 is 0 Å². The van der Waals surface area contributed by atoms with Crippen molar-refractivity contribution in [2.45, 2.75) is 52.1 Å². The van der Waals surface area contributed by atoms with Crippen LogP contribution in [0.25, 0.3) is 0 Å². The third kappa shape index (κ3) is 4.37. The van der Waals surface area contributed by atoms with E-state index in [1.807, 2.05) is 11.8 Å². The lowest BCUT2D eigenvalue weighted by molar-refractivity contribution is 0.461. The third-order valence-corrected chi connectivity index (χ3v) is 3.93. The highest BCUT2D eigenvalue weighted by atomic mass is 32.2. The minimum atomic E-state index is 0.695. The lowest BCUT2D eigenvalue weighted by atomic mass is 10.1. The molecule has 1 aliphatic rings. The topological polar surface area (TPSA) is 12.0 Å². The van der Waals surface area contributed by atoms with Crippen LogP contribution in [-0.2, 0) is 0 Å². The molecule has 0 spiro atoms. The fraction of sp³-hybridized carbons (Fsp3) is 1.00. The molecule has 3 atom stereocenters. The first kappa shape index (κ1) is 11.4. The normalized spacial score (nSPS) is 30.7. The summed E-state index contributed by atoms with van der Waals surface area (Å²) in [6.07, 6.45) is 4.20. The van der Waals surface area contributed by atoms with E-state index in [0.717, 1.165) is 12.0 Å². The Labute approximate surface area is 87.1 Å². The molecule has 0 aromatic carbocycles. The smallest absolute Gasteiger partial charge is 0.0132 e. The number of rotatable bonds is 5. The average Bonchev–Trinajstić information content (AvgIpc) is 2.48. The molecule has 1 aliphatic carbocycles. The minimum Gasteiger partial charge on any atom is -0.311 e. The van der Waals surface area contributed by atoms with E-state index in [9.17, 15) is 0 Å². The van der Waals surface area contributed by atoms with Gasteiger partial charge in [-0.15, -0.1) is 0 Å². The van der Waals surface area contributed by atoms with Gasteiger partial charge in [-0.25, -0.2) is 0 Å². The van der Waals surface area contributed by atoms with Crippen LogP contribution < -0.4 is 5.32 Å². The zero-order valence-corrected chi connectivity index (χ0v) is 9.99. The van der Waals surface area contributed by atoms with Crippen molar-refractivity contribution in [1.29, 1.82) is 0 Å². The van der Waals surface area contributed by atoms with Crippen LogP contribution in [0.1, 0.15) is 40.0 Å². The molecule has 3 unspecified atom stereocenters. The van der Waals surface area contributed by atoms with E-state index in [4.69, 9.17) is 0 Å². The van der Waals surface area contributed by atoms with Gasteiger partial charge in [0.25, 0.3) is 0 Å². The maximum Gasteiger partial charge on any atom is 0.0132 e. The van der Waals surface area contributed by atoms with Crippen LogP contribution in [0.15, 0.2) is 0 Å². The van der Waals surface area contributed by atoms with Gasteiger partial charge in [-0.3, -0.25) is 0 Å². The molecule has 0 aromatic heterocycles. The molecule has 0 aromatic rings. The highest BCUT2D eigenvalue weighted by molar-refractivity contribution is 7.99. The van der Waals surface area contributed by atoms with Gasteiger partial charge in [-0.1, -0.05) is 13.8 Å². The van der Waals surface area contributed by atoms with Crippen molar-refractivity contribution in [3.05, 3.63) is 0 Å². The van der Waals surface area contributed by atoms with Crippen LogP contribution in [-0.4, -0.2) is 23.6 Å². The average molecular weight is 201 g/mol. The summed E-state index contributed by atoms with van der Waals surface area (Å²) in [5.74, 6) is 3.46. The van der Waals surface area contributed by atoms with Crippen molar-refractivity contribution in [3.8, 4) is 0 Å². The Balaban J connectivity index is 2.09. The van der Waals surface area contributed by atoms with E-state index in [1.165, 1.54) is 30.8 Å². The standard InChI is InChI=1S/C11H23NS/c1-4-13-8-10(3)12-11-6-5-9(2)7-11/h9-12H,4-8H2,1-3H3. The van der Waals surface area contributed by atoms with Gasteiger partial charge in [0, 0.05) is 17.8 Å². The molecule has 1 N–H and O–H groups in total. The minimum absolute atomic E-state index is 0.695. The quantitative estimate of drug-likeness (QED) is 0.734. The summed E-state index contributed by atoms with van der Waals surface area (Å²) >= 11 is 2.04. The summed E-state index contributed by atoms with van der Waals surface area (Å²) in [6, 6.07) is 1.50. The molecule has 13 heavy (non-hydrogen) atoms. The van der Waals surface area contributed by atoms with Gasteiger partial charge < -0.3 is 5.32 Å². The SMILES string of the molecule is CCSCC(C)NC1CCC(C)C1. The summed E-state index contributed by atoms with van der Waals surface area (Å²) in [5.41, 5.74) is 0. The van der Waals surface area contributed by atoms with Crippen LogP contribution in [0.3, 0.4) is 0 Å². The molecular weight excluding hydrogens is 178 g/mol. The summed E-state index contributed by atoms with van der Waals surface area (Å²) in [5, 5.41) is 3.72. The molecule has 2 heteroatoms. The molecule has 0 aliphatic heterocycles. The Morgan fingerprint density at radius 2 is 2.23 bits per heavy atom. The van der Waals surface area contributed by atoms with Crippen LogP contribution in [0.2, 0.25) is 0 Å². The Hall–Kier alpha value is 0.310. The van der Waals surface area contributed by atoms with E-state index in [2.05, 4.69) is 26.1 Å². The Bertz CT molecular complexity index is 138. The number of hydrogen-bond acceptors (Lipinski definition) is 2. The van der Waals surface area contributed by atoms with E-state index in [1.54, 1.807) is 0 Å². The predicted octanol–water partition coefficient (Wildman–Crippen LogP) is 2.91. The van der Waals surface area contributed by atoms with Gasteiger partial charge in [-0.05, 0) is 37.9 Å². The molecule has 1 fully saturated rings. The van der Waals surface area contributed by atoms with Gasteiger partial charge in [0.15, 0.2) is 0 Å². The van der Waals surface area contributed by atoms with Crippen molar-refractivity contribution in [2.24, 2.45) is 5.92 Å². The van der Waals surface area contributed by atoms with Gasteiger partial charge in [0.1, 0.15) is 0 Å². The van der Waals surface area contributed by atoms with E-state index < -0.39 is 0 Å². The number of hydrogen-bond donors (Lipinski definition) is 1. The summed E-state index contributed by atoms with van der Waals surface area (Å²) < 4.78 is 0. The fourth-order valence-corrected chi connectivity index (χ4v) is 2.79. The second kappa shape index (κ2) is 5.92. The first-order valence-electron chi connectivity index (χ1n) is 5.56. The molecule has 0 saturated heterocycles. The van der Waals surface area contributed by atoms with Crippen LogP contribution in [0.4, 0.5) is 0 Å². The molecule has 1 rings (SSSR count). The highest BCUT2D eigenvalue weighted by Crippen LogP contribution is 2.25. The third-order valence-electron chi connectivity index (χ3n) is 2.79. The zero-order chi connectivity index (χ0) is 9.68. The summed E-state index contributed by atoms with van der Waals surface area (Å²) in [7, 11) is 0. The molecule has 1 saturated carbocycles. The van der Waals surface area contributed by atoms with Crippen molar-refractivity contribution in [3.63, 3.8) is 0 Å². The molecular formula is C11H23NS. The van der Waals surface area contributed by atoms with Crippen LogP contribution in [0, 0.1) is 5.92 Å². The lowest BCUT2D eigenvalue weighted by Crippen LogP contribution is -2.36. The first-order valence-corrected chi connectivity index (χ1v) is 6.71. The highest BCUT2D eigenvalue weighted by Gasteiger charge is 2.21. The Morgan fingerprint density at radius 3 is 2.77 bits per heavy atom.